The molecule has 112 valence electrons. The Bertz CT molecular complexity index is 255. The van der Waals surface area contributed by atoms with E-state index < -0.39 is 0 Å². The minimum atomic E-state index is 0.284. The van der Waals surface area contributed by atoms with Gasteiger partial charge in [0.2, 0.25) is 5.91 Å². The number of amides is 1. The third kappa shape index (κ3) is 5.89. The molecule has 1 atom stereocenters. The number of rotatable bonds is 8. The summed E-state index contributed by atoms with van der Waals surface area (Å²) in [6.45, 7) is 10.4. The molecule has 5 nitrogen and oxygen atoms in total. The Morgan fingerprint density at radius 2 is 2.05 bits per heavy atom. The number of ether oxygens (including phenoxy) is 1. The van der Waals surface area contributed by atoms with Crippen molar-refractivity contribution in [2.75, 3.05) is 53.0 Å². The molecule has 0 aromatic carbocycles. The molecular formula is C14H29N3O2. The summed E-state index contributed by atoms with van der Waals surface area (Å²) in [6.07, 6.45) is 1.72. The summed E-state index contributed by atoms with van der Waals surface area (Å²) in [4.78, 5) is 16.5. The highest BCUT2D eigenvalue weighted by Gasteiger charge is 2.18. The second-order valence-corrected chi connectivity index (χ2v) is 5.17. The number of hydrogen-bond acceptors (Lipinski definition) is 4. The van der Waals surface area contributed by atoms with Crippen molar-refractivity contribution in [1.82, 2.24) is 15.1 Å². The van der Waals surface area contributed by atoms with Gasteiger partial charge in [0, 0.05) is 58.8 Å². The summed E-state index contributed by atoms with van der Waals surface area (Å²) in [5, 5.41) is 3.27. The Kier molecular flexibility index (Phi) is 8.02. The van der Waals surface area contributed by atoms with Crippen molar-refractivity contribution in [2.45, 2.75) is 32.7 Å². The molecule has 1 rings (SSSR count). The van der Waals surface area contributed by atoms with Crippen LogP contribution in [-0.2, 0) is 9.53 Å². The topological polar surface area (TPSA) is 44.8 Å². The van der Waals surface area contributed by atoms with Crippen LogP contribution in [0, 0.1) is 0 Å². The smallest absolute Gasteiger partial charge is 0.223 e. The molecule has 19 heavy (non-hydrogen) atoms. The molecule has 1 fully saturated rings. The van der Waals surface area contributed by atoms with E-state index in [-0.39, 0.29) is 5.91 Å². The summed E-state index contributed by atoms with van der Waals surface area (Å²) in [5.74, 6) is 0.284. The van der Waals surface area contributed by atoms with E-state index in [4.69, 9.17) is 4.74 Å². The van der Waals surface area contributed by atoms with Crippen molar-refractivity contribution in [3.8, 4) is 0 Å². The van der Waals surface area contributed by atoms with Gasteiger partial charge in [-0.05, 0) is 13.3 Å². The average Bonchev–Trinajstić information content (AvgIpc) is 2.47. The molecule has 1 saturated heterocycles. The standard InChI is InChI=1S/C14H29N3O2/c1-4-13(2)16(11-12-19-3)8-5-14(18)17-9-6-15-7-10-17/h13,15H,4-12H2,1-3H3. The second-order valence-electron chi connectivity index (χ2n) is 5.17. The molecule has 1 unspecified atom stereocenters. The van der Waals surface area contributed by atoms with Crippen LogP contribution < -0.4 is 5.32 Å². The fourth-order valence-corrected chi connectivity index (χ4v) is 2.33. The minimum absolute atomic E-state index is 0.284. The number of carbonyl (C=O) groups is 1. The molecular weight excluding hydrogens is 242 g/mol. The third-order valence-electron chi connectivity index (χ3n) is 3.88. The first kappa shape index (κ1) is 16.4. The molecule has 0 aliphatic carbocycles. The molecule has 0 spiro atoms. The summed E-state index contributed by atoms with van der Waals surface area (Å²) in [5.41, 5.74) is 0. The molecule has 0 radical (unpaired) electrons. The van der Waals surface area contributed by atoms with Crippen molar-refractivity contribution in [1.29, 1.82) is 0 Å². The van der Waals surface area contributed by atoms with Crippen LogP contribution in [0.25, 0.3) is 0 Å². The minimum Gasteiger partial charge on any atom is -0.383 e. The van der Waals surface area contributed by atoms with Gasteiger partial charge in [0.05, 0.1) is 6.61 Å². The van der Waals surface area contributed by atoms with Crippen LogP contribution in [0.1, 0.15) is 26.7 Å². The van der Waals surface area contributed by atoms with Gasteiger partial charge < -0.3 is 15.0 Å². The highest BCUT2D eigenvalue weighted by Crippen LogP contribution is 2.06. The van der Waals surface area contributed by atoms with Crippen molar-refractivity contribution >= 4 is 5.91 Å². The lowest BCUT2D eigenvalue weighted by atomic mass is 10.2. The van der Waals surface area contributed by atoms with Gasteiger partial charge >= 0.3 is 0 Å². The maximum atomic E-state index is 12.1. The first-order valence-corrected chi connectivity index (χ1v) is 7.40. The zero-order valence-electron chi connectivity index (χ0n) is 12.7. The number of carbonyl (C=O) groups excluding carboxylic acids is 1. The number of nitrogens with one attached hydrogen (secondary N) is 1. The van der Waals surface area contributed by atoms with E-state index in [0.717, 1.165) is 52.3 Å². The van der Waals surface area contributed by atoms with Crippen LogP contribution in [0.3, 0.4) is 0 Å². The molecule has 1 heterocycles. The lowest BCUT2D eigenvalue weighted by Crippen LogP contribution is -2.47. The van der Waals surface area contributed by atoms with Crippen molar-refractivity contribution in [2.24, 2.45) is 0 Å². The Morgan fingerprint density at radius 3 is 2.63 bits per heavy atom. The fourth-order valence-electron chi connectivity index (χ4n) is 2.33. The SMILES string of the molecule is CCC(C)N(CCOC)CCC(=O)N1CCNCC1. The molecule has 0 bridgehead atoms. The summed E-state index contributed by atoms with van der Waals surface area (Å²) in [6, 6.07) is 0.506. The Labute approximate surface area is 117 Å². The van der Waals surface area contributed by atoms with Gasteiger partial charge in [-0.2, -0.15) is 0 Å². The molecule has 1 amide bonds. The van der Waals surface area contributed by atoms with Gasteiger partial charge in [-0.3, -0.25) is 9.69 Å². The van der Waals surface area contributed by atoms with E-state index in [1.165, 1.54) is 0 Å². The van der Waals surface area contributed by atoms with E-state index in [0.29, 0.717) is 12.5 Å². The van der Waals surface area contributed by atoms with Gasteiger partial charge in [0.1, 0.15) is 0 Å². The highest BCUT2D eigenvalue weighted by atomic mass is 16.5. The van der Waals surface area contributed by atoms with E-state index >= 15 is 0 Å². The van der Waals surface area contributed by atoms with Gasteiger partial charge in [-0.15, -0.1) is 0 Å². The van der Waals surface area contributed by atoms with Crippen LogP contribution >= 0.6 is 0 Å². The number of piperazine rings is 1. The van der Waals surface area contributed by atoms with Gasteiger partial charge in [0.15, 0.2) is 0 Å². The number of hydrogen-bond donors (Lipinski definition) is 1. The molecule has 1 aliphatic heterocycles. The Morgan fingerprint density at radius 1 is 1.37 bits per heavy atom. The predicted octanol–water partition coefficient (Wildman–Crippen LogP) is 0.555. The van der Waals surface area contributed by atoms with Gasteiger partial charge in [0.25, 0.3) is 0 Å². The van der Waals surface area contributed by atoms with Crippen molar-refractivity contribution in [3.63, 3.8) is 0 Å². The molecule has 1 aliphatic rings. The zero-order valence-corrected chi connectivity index (χ0v) is 12.7. The van der Waals surface area contributed by atoms with E-state index in [1.54, 1.807) is 7.11 Å². The van der Waals surface area contributed by atoms with Gasteiger partial charge in [-0.1, -0.05) is 6.92 Å². The largest absolute Gasteiger partial charge is 0.383 e. The van der Waals surface area contributed by atoms with Crippen LogP contribution in [0.2, 0.25) is 0 Å². The molecule has 0 aromatic heterocycles. The average molecular weight is 271 g/mol. The van der Waals surface area contributed by atoms with E-state index in [9.17, 15) is 4.79 Å². The maximum absolute atomic E-state index is 12.1. The lowest BCUT2D eigenvalue weighted by Gasteiger charge is -2.31. The monoisotopic (exact) mass is 271 g/mol. The fraction of sp³-hybridized carbons (Fsp3) is 0.929. The van der Waals surface area contributed by atoms with Crippen LogP contribution in [0.5, 0.6) is 0 Å². The third-order valence-corrected chi connectivity index (χ3v) is 3.88. The highest BCUT2D eigenvalue weighted by molar-refractivity contribution is 5.76. The van der Waals surface area contributed by atoms with Crippen LogP contribution in [-0.4, -0.2) is 74.7 Å². The predicted molar refractivity (Wildman–Crippen MR) is 77.3 cm³/mol. The molecule has 0 aromatic rings. The van der Waals surface area contributed by atoms with Crippen LogP contribution in [0.15, 0.2) is 0 Å². The Hall–Kier alpha value is -0.650. The van der Waals surface area contributed by atoms with E-state index in [1.807, 2.05) is 4.90 Å². The number of methoxy groups -OCH3 is 1. The molecule has 0 saturated carbocycles. The quantitative estimate of drug-likeness (QED) is 0.700. The zero-order chi connectivity index (χ0) is 14.1. The first-order chi connectivity index (χ1) is 9.19. The molecule has 5 heteroatoms. The second kappa shape index (κ2) is 9.28. The van der Waals surface area contributed by atoms with Crippen molar-refractivity contribution in [3.05, 3.63) is 0 Å². The lowest BCUT2D eigenvalue weighted by molar-refractivity contribution is -0.132. The normalized spacial score (nSPS) is 17.8. The first-order valence-electron chi connectivity index (χ1n) is 7.40. The maximum Gasteiger partial charge on any atom is 0.223 e. The molecule has 1 N–H and O–H groups in total. The van der Waals surface area contributed by atoms with Gasteiger partial charge in [-0.25, -0.2) is 0 Å². The summed E-state index contributed by atoms with van der Waals surface area (Å²) >= 11 is 0. The van der Waals surface area contributed by atoms with E-state index in [2.05, 4.69) is 24.1 Å². The summed E-state index contributed by atoms with van der Waals surface area (Å²) in [7, 11) is 1.72. The number of nitrogens with zero attached hydrogens (tertiary/aromatic N) is 2. The summed E-state index contributed by atoms with van der Waals surface area (Å²) < 4.78 is 5.14. The van der Waals surface area contributed by atoms with Crippen molar-refractivity contribution < 1.29 is 9.53 Å². The van der Waals surface area contributed by atoms with Crippen LogP contribution in [0.4, 0.5) is 0 Å². The Balaban J connectivity index is 2.34.